The fourth-order valence-electron chi connectivity index (χ4n) is 3.14. The van der Waals surface area contributed by atoms with Crippen LogP contribution in [-0.2, 0) is 27.2 Å². The molecule has 0 saturated heterocycles. The Kier molecular flexibility index (Phi) is 10.2. The van der Waals surface area contributed by atoms with Gasteiger partial charge in [-0.3, -0.25) is 9.13 Å². The molecule has 3 rings (SSSR count). The Labute approximate surface area is 223 Å². The van der Waals surface area contributed by atoms with Crippen molar-refractivity contribution >= 4 is 91.7 Å². The Bertz CT molecular complexity index is 1080. The fraction of sp³-hybridized carbons (Fsp3) is 0.400. The average molecular weight is 678 g/mol. The van der Waals surface area contributed by atoms with Gasteiger partial charge in [-0.2, -0.15) is 0 Å². The summed E-state index contributed by atoms with van der Waals surface area (Å²) in [6, 6.07) is 7.69. The van der Waals surface area contributed by atoms with Gasteiger partial charge in [0.25, 0.3) is 0 Å². The number of thiophene rings is 3. The second-order valence-corrected chi connectivity index (χ2v) is 16.2. The van der Waals surface area contributed by atoms with Crippen LogP contribution in [0.4, 0.5) is 0 Å². The molecule has 182 valence electrons. The lowest BCUT2D eigenvalue weighted by Gasteiger charge is -2.23. The van der Waals surface area contributed by atoms with Crippen molar-refractivity contribution < 1.29 is 27.2 Å². The quantitative estimate of drug-likeness (QED) is 0.179. The molecule has 33 heavy (non-hydrogen) atoms. The molecule has 0 unspecified atom stereocenters. The molecule has 0 N–H and O–H groups in total. The summed E-state index contributed by atoms with van der Waals surface area (Å²) in [7, 11) is -7.75. The highest BCUT2D eigenvalue weighted by molar-refractivity contribution is 9.11. The summed E-state index contributed by atoms with van der Waals surface area (Å²) >= 11 is 11.4. The average Bonchev–Trinajstić information content (AvgIpc) is 3.46. The second-order valence-electron chi connectivity index (χ2n) is 6.33. The molecule has 0 aliphatic heterocycles. The van der Waals surface area contributed by atoms with Crippen molar-refractivity contribution in [2.45, 2.75) is 27.7 Å². The molecule has 13 heteroatoms. The van der Waals surface area contributed by atoms with Gasteiger partial charge in [0.05, 0.1) is 54.4 Å². The van der Waals surface area contributed by atoms with Gasteiger partial charge < -0.3 is 18.1 Å². The summed E-state index contributed by atoms with van der Waals surface area (Å²) in [4.78, 5) is 3.04. The lowest BCUT2D eigenvalue weighted by Crippen LogP contribution is -2.28. The van der Waals surface area contributed by atoms with Gasteiger partial charge in [0.2, 0.25) is 0 Å². The minimum Gasteiger partial charge on any atom is -0.305 e. The summed E-state index contributed by atoms with van der Waals surface area (Å²) in [5.74, 6) is 0. The van der Waals surface area contributed by atoms with Gasteiger partial charge in [-0.05, 0) is 83.8 Å². The predicted octanol–water partition coefficient (Wildman–Crippen LogP) is 8.51. The molecular weight excluding hydrogens is 654 g/mol. The van der Waals surface area contributed by atoms with E-state index in [-0.39, 0.29) is 37.0 Å². The van der Waals surface area contributed by atoms with Crippen LogP contribution in [0.15, 0.2) is 31.8 Å². The van der Waals surface area contributed by atoms with E-state index >= 15 is 0 Å². The van der Waals surface area contributed by atoms with Crippen LogP contribution >= 0.6 is 81.1 Å². The van der Waals surface area contributed by atoms with Gasteiger partial charge in [-0.15, -0.1) is 34.0 Å². The predicted molar refractivity (Wildman–Crippen MR) is 147 cm³/mol. The molecule has 0 saturated carbocycles. The summed E-state index contributed by atoms with van der Waals surface area (Å²) in [6.45, 7) is 7.65. The van der Waals surface area contributed by atoms with E-state index < -0.39 is 15.2 Å². The number of halogens is 2. The summed E-state index contributed by atoms with van der Waals surface area (Å²) in [5, 5.41) is 0.519. The Morgan fingerprint density at radius 2 is 0.970 bits per heavy atom. The van der Waals surface area contributed by atoms with Gasteiger partial charge in [0.1, 0.15) is 0 Å². The molecular formula is C20H24Br2O6P2S3. The number of hydrogen-bond acceptors (Lipinski definition) is 9. The first-order valence-corrected chi connectivity index (χ1v) is 17.3. The third-order valence-electron chi connectivity index (χ3n) is 4.20. The molecule has 0 aromatic carbocycles. The summed E-state index contributed by atoms with van der Waals surface area (Å²) in [5.41, 5.74) is 0. The van der Waals surface area contributed by atoms with E-state index in [0.29, 0.717) is 9.75 Å². The Balaban J connectivity index is 2.48. The van der Waals surface area contributed by atoms with Crippen LogP contribution < -0.4 is 10.6 Å². The third kappa shape index (κ3) is 6.03. The zero-order valence-corrected chi connectivity index (χ0v) is 25.9. The first kappa shape index (κ1) is 27.9. The smallest absolute Gasteiger partial charge is 0.305 e. The van der Waals surface area contributed by atoms with Crippen LogP contribution in [0, 0.1) is 0 Å². The zero-order chi connectivity index (χ0) is 24.2. The van der Waals surface area contributed by atoms with Crippen LogP contribution in [0.2, 0.25) is 0 Å². The largest absolute Gasteiger partial charge is 0.363 e. The van der Waals surface area contributed by atoms with Gasteiger partial charge in [-0.25, -0.2) is 0 Å². The van der Waals surface area contributed by atoms with Gasteiger partial charge in [0.15, 0.2) is 0 Å². The van der Waals surface area contributed by atoms with Crippen LogP contribution in [-0.4, -0.2) is 26.4 Å². The third-order valence-corrected chi connectivity index (χ3v) is 13.9. The maximum atomic E-state index is 14.3. The minimum absolute atomic E-state index is 0.160. The molecule has 0 spiro atoms. The van der Waals surface area contributed by atoms with E-state index in [9.17, 15) is 9.13 Å². The monoisotopic (exact) mass is 676 g/mol. The SMILES string of the molecule is CCOP(=O)(OCC)c1c(-c2ccc(Br)s2)sc(-c2ccc(Br)s2)c1P(=O)(OCC)OCC. The maximum absolute atomic E-state index is 14.3. The molecule has 3 heterocycles. The van der Waals surface area contributed by atoms with Crippen molar-refractivity contribution in [3.05, 3.63) is 31.8 Å². The second kappa shape index (κ2) is 12.1. The first-order chi connectivity index (χ1) is 15.7. The van der Waals surface area contributed by atoms with Crippen LogP contribution in [0.5, 0.6) is 0 Å². The maximum Gasteiger partial charge on any atom is 0.363 e. The van der Waals surface area contributed by atoms with Crippen molar-refractivity contribution in [2.24, 2.45) is 0 Å². The van der Waals surface area contributed by atoms with Crippen LogP contribution in [0.3, 0.4) is 0 Å². The molecule has 0 aliphatic carbocycles. The molecule has 0 amide bonds. The van der Waals surface area contributed by atoms with E-state index in [4.69, 9.17) is 18.1 Å². The lowest BCUT2D eigenvalue weighted by molar-refractivity contribution is 0.226. The molecule has 0 radical (unpaired) electrons. The number of rotatable bonds is 12. The molecule has 0 atom stereocenters. The highest BCUT2D eigenvalue weighted by Crippen LogP contribution is 2.59. The Hall–Kier alpha value is 0.360. The molecule has 0 fully saturated rings. The normalized spacial score (nSPS) is 12.5. The van der Waals surface area contributed by atoms with E-state index in [1.807, 2.05) is 24.3 Å². The van der Waals surface area contributed by atoms with E-state index in [0.717, 1.165) is 17.3 Å². The van der Waals surface area contributed by atoms with E-state index in [1.54, 1.807) is 27.7 Å². The van der Waals surface area contributed by atoms with Gasteiger partial charge >= 0.3 is 15.2 Å². The van der Waals surface area contributed by atoms with Crippen molar-refractivity contribution in [2.75, 3.05) is 26.4 Å². The summed E-state index contributed by atoms with van der Waals surface area (Å²) < 4.78 is 53.4. The van der Waals surface area contributed by atoms with Crippen molar-refractivity contribution in [1.82, 2.24) is 0 Å². The van der Waals surface area contributed by atoms with Crippen LogP contribution in [0.1, 0.15) is 27.7 Å². The molecule has 3 aromatic heterocycles. The van der Waals surface area contributed by atoms with Crippen molar-refractivity contribution in [3.8, 4) is 19.5 Å². The van der Waals surface area contributed by atoms with Crippen molar-refractivity contribution in [3.63, 3.8) is 0 Å². The first-order valence-electron chi connectivity index (χ1n) is 10.2. The van der Waals surface area contributed by atoms with E-state index in [1.165, 1.54) is 34.0 Å². The van der Waals surface area contributed by atoms with Crippen molar-refractivity contribution in [1.29, 1.82) is 0 Å². The Morgan fingerprint density at radius 3 is 1.21 bits per heavy atom. The minimum atomic E-state index is -3.88. The standard InChI is InChI=1S/C20H24Br2O6P2S3/c1-5-25-29(23,26-6-2)17-18(30(24,27-7-3)28-8-4)20(14-10-12-16(22)32-14)33-19(17)13-9-11-15(21)31-13/h9-12H,5-8H2,1-4H3. The highest BCUT2D eigenvalue weighted by Gasteiger charge is 2.45. The van der Waals surface area contributed by atoms with Gasteiger partial charge in [-0.1, -0.05) is 0 Å². The molecule has 0 aliphatic rings. The number of hydrogen-bond donors (Lipinski definition) is 0. The van der Waals surface area contributed by atoms with E-state index in [2.05, 4.69) is 31.9 Å². The molecule has 6 nitrogen and oxygen atoms in total. The van der Waals surface area contributed by atoms with Gasteiger partial charge in [0, 0.05) is 9.75 Å². The lowest BCUT2D eigenvalue weighted by atomic mass is 10.3. The fourth-order valence-corrected chi connectivity index (χ4v) is 12.7. The summed E-state index contributed by atoms with van der Waals surface area (Å²) in [6.07, 6.45) is 0. The van der Waals surface area contributed by atoms with Crippen LogP contribution in [0.25, 0.3) is 19.5 Å². The Morgan fingerprint density at radius 1 is 0.636 bits per heavy atom. The highest BCUT2D eigenvalue weighted by atomic mass is 79.9. The molecule has 0 bridgehead atoms. The zero-order valence-electron chi connectivity index (χ0n) is 18.5. The molecule has 3 aromatic rings. The topological polar surface area (TPSA) is 71.1 Å².